The van der Waals surface area contributed by atoms with Crippen LogP contribution in [-0.2, 0) is 5.54 Å². The van der Waals surface area contributed by atoms with E-state index in [0.717, 1.165) is 6.54 Å². The molecule has 1 aliphatic heterocycles. The fraction of sp³-hybridized carbons (Fsp3) is 0.625. The first kappa shape index (κ1) is 12.6. The van der Waals surface area contributed by atoms with Gasteiger partial charge < -0.3 is 5.32 Å². The summed E-state index contributed by atoms with van der Waals surface area (Å²) in [5.41, 5.74) is 4.77. The maximum absolute atomic E-state index is 3.79. The van der Waals surface area contributed by atoms with Gasteiger partial charge in [0.25, 0.3) is 0 Å². The van der Waals surface area contributed by atoms with Crippen molar-refractivity contribution in [3.05, 3.63) is 34.9 Å². The van der Waals surface area contributed by atoms with Crippen LogP contribution in [0.4, 0.5) is 0 Å². The van der Waals surface area contributed by atoms with E-state index < -0.39 is 0 Å². The van der Waals surface area contributed by atoms with Crippen molar-refractivity contribution < 1.29 is 0 Å². The normalized spacial score (nSPS) is 25.2. The molecule has 1 heterocycles. The van der Waals surface area contributed by atoms with Crippen molar-refractivity contribution in [2.45, 2.75) is 53.0 Å². The maximum atomic E-state index is 3.79. The highest BCUT2D eigenvalue weighted by Gasteiger charge is 2.45. The Morgan fingerprint density at radius 3 is 2.41 bits per heavy atom. The van der Waals surface area contributed by atoms with Gasteiger partial charge in [-0.25, -0.2) is 0 Å². The van der Waals surface area contributed by atoms with Gasteiger partial charge in [0.2, 0.25) is 0 Å². The average molecular weight is 231 g/mol. The Morgan fingerprint density at radius 1 is 1.18 bits per heavy atom. The van der Waals surface area contributed by atoms with Gasteiger partial charge in [0.1, 0.15) is 0 Å². The summed E-state index contributed by atoms with van der Waals surface area (Å²) in [6.07, 6.45) is 2.53. The predicted molar refractivity (Wildman–Crippen MR) is 74.3 cm³/mol. The van der Waals surface area contributed by atoms with Crippen LogP contribution in [0, 0.1) is 19.3 Å². The summed E-state index contributed by atoms with van der Waals surface area (Å²) in [6.45, 7) is 12.7. The molecule has 1 fully saturated rings. The molecule has 1 N–H and O–H groups in total. The fourth-order valence-electron chi connectivity index (χ4n) is 3.23. The summed E-state index contributed by atoms with van der Waals surface area (Å²) in [5.74, 6) is 0. The lowest BCUT2D eigenvalue weighted by Gasteiger charge is -2.44. The van der Waals surface area contributed by atoms with E-state index in [1.807, 2.05) is 0 Å². The molecule has 1 nitrogen and oxygen atoms in total. The Bertz CT molecular complexity index is 406. The van der Waals surface area contributed by atoms with Crippen molar-refractivity contribution in [3.8, 4) is 0 Å². The van der Waals surface area contributed by atoms with Gasteiger partial charge in [-0.1, -0.05) is 39.0 Å². The molecule has 94 valence electrons. The van der Waals surface area contributed by atoms with Crippen molar-refractivity contribution >= 4 is 0 Å². The van der Waals surface area contributed by atoms with Crippen molar-refractivity contribution in [2.75, 3.05) is 6.54 Å². The smallest absolute Gasteiger partial charge is 0.0486 e. The van der Waals surface area contributed by atoms with Gasteiger partial charge in [0, 0.05) is 5.54 Å². The first-order valence-electron chi connectivity index (χ1n) is 6.70. The van der Waals surface area contributed by atoms with Gasteiger partial charge in [-0.2, -0.15) is 0 Å². The van der Waals surface area contributed by atoms with Crippen molar-refractivity contribution in [3.63, 3.8) is 0 Å². The van der Waals surface area contributed by atoms with Crippen molar-refractivity contribution in [2.24, 2.45) is 5.41 Å². The lowest BCUT2D eigenvalue weighted by Crippen LogP contribution is -2.48. The van der Waals surface area contributed by atoms with Crippen LogP contribution in [0.1, 0.15) is 50.3 Å². The molecular formula is C16H25N. The number of nitrogens with one attached hydrogen (secondary N) is 1. The Morgan fingerprint density at radius 2 is 1.88 bits per heavy atom. The van der Waals surface area contributed by atoms with Crippen LogP contribution in [-0.4, -0.2) is 6.54 Å². The van der Waals surface area contributed by atoms with Gasteiger partial charge in [0.05, 0.1) is 0 Å². The summed E-state index contributed by atoms with van der Waals surface area (Å²) in [4.78, 5) is 0. The zero-order chi connectivity index (χ0) is 12.7. The van der Waals surface area contributed by atoms with E-state index in [4.69, 9.17) is 0 Å². The molecule has 0 spiro atoms. The average Bonchev–Trinajstić information content (AvgIpc) is 2.71. The molecule has 0 bridgehead atoms. The minimum Gasteiger partial charge on any atom is -0.307 e. The second kappa shape index (κ2) is 4.13. The zero-order valence-corrected chi connectivity index (χ0v) is 11.9. The predicted octanol–water partition coefficient (Wildman–Crippen LogP) is 3.93. The highest BCUT2D eigenvalue weighted by Crippen LogP contribution is 2.46. The second-order valence-electron chi connectivity index (χ2n) is 6.43. The molecule has 0 aliphatic carbocycles. The van der Waals surface area contributed by atoms with Crippen LogP contribution in [0.25, 0.3) is 0 Å². The third-order valence-electron chi connectivity index (χ3n) is 4.50. The lowest BCUT2D eigenvalue weighted by atomic mass is 9.67. The molecule has 1 atom stereocenters. The Hall–Kier alpha value is -0.820. The molecule has 1 aromatic rings. The number of aryl methyl sites for hydroxylation is 1. The first-order chi connectivity index (χ1) is 7.88. The molecule has 1 heteroatoms. The molecule has 1 aromatic carbocycles. The minimum absolute atomic E-state index is 0.156. The second-order valence-corrected chi connectivity index (χ2v) is 6.43. The highest BCUT2D eigenvalue weighted by atomic mass is 15.0. The Balaban J connectivity index is 2.58. The van der Waals surface area contributed by atoms with Crippen LogP contribution < -0.4 is 5.32 Å². The van der Waals surface area contributed by atoms with Gasteiger partial charge in [-0.05, 0) is 55.3 Å². The molecule has 0 saturated carbocycles. The van der Waals surface area contributed by atoms with E-state index in [0.29, 0.717) is 0 Å². The summed E-state index contributed by atoms with van der Waals surface area (Å²) in [6, 6.07) is 6.72. The van der Waals surface area contributed by atoms with Gasteiger partial charge in [0.15, 0.2) is 0 Å². The van der Waals surface area contributed by atoms with Crippen LogP contribution in [0.3, 0.4) is 0 Å². The minimum atomic E-state index is 0.156. The lowest BCUT2D eigenvalue weighted by molar-refractivity contribution is 0.160. The summed E-state index contributed by atoms with van der Waals surface area (Å²) < 4.78 is 0. The standard InChI is InChI=1S/C16H25N/c1-12-8-6-9-14(13(12)2)16(15(3,4)5)10-7-11-17-16/h6,8-9,17H,7,10-11H2,1-5H3. The summed E-state index contributed by atoms with van der Waals surface area (Å²) in [7, 11) is 0. The molecule has 17 heavy (non-hydrogen) atoms. The quantitative estimate of drug-likeness (QED) is 0.772. The largest absolute Gasteiger partial charge is 0.307 e. The van der Waals surface area contributed by atoms with E-state index in [1.54, 1.807) is 0 Å². The van der Waals surface area contributed by atoms with Gasteiger partial charge in [-0.3, -0.25) is 0 Å². The van der Waals surface area contributed by atoms with E-state index in [1.165, 1.54) is 29.5 Å². The molecule has 0 amide bonds. The van der Waals surface area contributed by atoms with Crippen LogP contribution in [0.5, 0.6) is 0 Å². The molecule has 1 saturated heterocycles. The topological polar surface area (TPSA) is 12.0 Å². The van der Waals surface area contributed by atoms with E-state index in [-0.39, 0.29) is 11.0 Å². The van der Waals surface area contributed by atoms with Gasteiger partial charge in [-0.15, -0.1) is 0 Å². The molecule has 2 rings (SSSR count). The number of benzene rings is 1. The Labute approximate surface area is 106 Å². The monoisotopic (exact) mass is 231 g/mol. The SMILES string of the molecule is Cc1cccc(C2(C(C)(C)C)CCCN2)c1C. The number of hydrogen-bond acceptors (Lipinski definition) is 1. The van der Waals surface area contributed by atoms with E-state index in [2.05, 4.69) is 58.1 Å². The zero-order valence-electron chi connectivity index (χ0n) is 11.9. The molecule has 1 unspecified atom stereocenters. The third-order valence-corrected chi connectivity index (χ3v) is 4.50. The van der Waals surface area contributed by atoms with Crippen LogP contribution >= 0.6 is 0 Å². The molecule has 0 radical (unpaired) electrons. The van der Waals surface area contributed by atoms with E-state index in [9.17, 15) is 0 Å². The molecule has 1 aliphatic rings. The van der Waals surface area contributed by atoms with Crippen LogP contribution in [0.15, 0.2) is 18.2 Å². The summed E-state index contributed by atoms with van der Waals surface area (Å²) in [5, 5.41) is 3.79. The first-order valence-corrected chi connectivity index (χ1v) is 6.70. The maximum Gasteiger partial charge on any atom is 0.0486 e. The Kier molecular flexibility index (Phi) is 3.07. The van der Waals surface area contributed by atoms with Gasteiger partial charge >= 0.3 is 0 Å². The highest BCUT2D eigenvalue weighted by molar-refractivity contribution is 5.40. The van der Waals surface area contributed by atoms with Crippen molar-refractivity contribution in [1.82, 2.24) is 5.32 Å². The summed E-state index contributed by atoms with van der Waals surface area (Å²) >= 11 is 0. The number of rotatable bonds is 1. The number of hydrogen-bond donors (Lipinski definition) is 1. The fourth-order valence-corrected chi connectivity index (χ4v) is 3.23. The third kappa shape index (κ3) is 1.91. The molecule has 0 aromatic heterocycles. The van der Waals surface area contributed by atoms with Crippen LogP contribution in [0.2, 0.25) is 0 Å². The van der Waals surface area contributed by atoms with Crippen molar-refractivity contribution in [1.29, 1.82) is 0 Å². The van der Waals surface area contributed by atoms with E-state index >= 15 is 0 Å². The molecular weight excluding hydrogens is 206 g/mol.